The number of benzene rings is 1. The van der Waals surface area contributed by atoms with E-state index in [9.17, 15) is 4.79 Å². The monoisotopic (exact) mass is 369 g/mol. The highest BCUT2D eigenvalue weighted by atomic mass is 32.1. The highest BCUT2D eigenvalue weighted by Gasteiger charge is 2.13. The van der Waals surface area contributed by atoms with Gasteiger partial charge in [0.05, 0.1) is 11.4 Å². The number of rotatable bonds is 6. The Labute approximate surface area is 154 Å². The Morgan fingerprint density at radius 3 is 2.88 bits per heavy atom. The first-order valence-electron chi connectivity index (χ1n) is 8.01. The lowest BCUT2D eigenvalue weighted by molar-refractivity contribution is 0.130. The van der Waals surface area contributed by atoms with Crippen molar-refractivity contribution < 1.29 is 4.84 Å². The van der Waals surface area contributed by atoms with Crippen molar-refractivity contribution in [3.05, 3.63) is 68.3 Å². The van der Waals surface area contributed by atoms with E-state index in [4.69, 9.17) is 4.84 Å². The first-order valence-corrected chi connectivity index (χ1v) is 8.95. The molecule has 26 heavy (non-hydrogen) atoms. The van der Waals surface area contributed by atoms with E-state index in [0.717, 1.165) is 22.4 Å². The van der Waals surface area contributed by atoms with Gasteiger partial charge in [0, 0.05) is 12.6 Å². The second-order valence-electron chi connectivity index (χ2n) is 5.77. The molecule has 1 aromatic carbocycles. The number of tetrazole rings is 1. The molecule has 134 valence electrons. The van der Waals surface area contributed by atoms with Crippen molar-refractivity contribution in [2.45, 2.75) is 20.5 Å². The van der Waals surface area contributed by atoms with Crippen molar-refractivity contribution in [2.24, 2.45) is 12.2 Å². The van der Waals surface area contributed by atoms with Crippen LogP contribution < -0.4 is 5.69 Å². The normalized spacial score (nSPS) is 12.0. The first-order chi connectivity index (χ1) is 12.6. The van der Waals surface area contributed by atoms with Crippen LogP contribution in [0, 0.1) is 6.92 Å². The Bertz CT molecular complexity index is 999. The third-order valence-electron chi connectivity index (χ3n) is 3.81. The van der Waals surface area contributed by atoms with E-state index in [1.807, 2.05) is 55.6 Å². The van der Waals surface area contributed by atoms with Crippen molar-refractivity contribution >= 4 is 23.1 Å². The van der Waals surface area contributed by atoms with Gasteiger partial charge in [-0.05, 0) is 64.4 Å². The number of nitrogens with zero attached hydrogens (tertiary/aromatic N) is 5. The van der Waals surface area contributed by atoms with Crippen LogP contribution in [0.3, 0.4) is 0 Å². The van der Waals surface area contributed by atoms with Gasteiger partial charge in [-0.2, -0.15) is 20.7 Å². The minimum Gasteiger partial charge on any atom is -0.391 e. The Kier molecular flexibility index (Phi) is 5.43. The number of oxime groups is 1. The highest BCUT2D eigenvalue weighted by Crippen LogP contribution is 2.18. The molecular weight excluding hydrogens is 350 g/mol. The summed E-state index contributed by atoms with van der Waals surface area (Å²) in [5.41, 5.74) is 4.05. The predicted octanol–water partition coefficient (Wildman–Crippen LogP) is 2.94. The lowest BCUT2D eigenvalue weighted by Gasteiger charge is -2.10. The van der Waals surface area contributed by atoms with Crippen LogP contribution in [0.4, 0.5) is 0 Å². The zero-order valence-corrected chi connectivity index (χ0v) is 15.6. The van der Waals surface area contributed by atoms with Crippen LogP contribution in [0.2, 0.25) is 0 Å². The molecule has 0 N–H and O–H groups in total. The largest absolute Gasteiger partial charge is 0.391 e. The quantitative estimate of drug-likeness (QED) is 0.495. The van der Waals surface area contributed by atoms with Crippen LogP contribution in [-0.2, 0) is 18.5 Å². The Hall–Kier alpha value is -3.00. The van der Waals surface area contributed by atoms with E-state index in [-0.39, 0.29) is 12.3 Å². The maximum absolute atomic E-state index is 12.1. The van der Waals surface area contributed by atoms with Crippen LogP contribution in [0.1, 0.15) is 23.6 Å². The average molecular weight is 369 g/mol. The molecule has 0 amide bonds. The lowest BCUT2D eigenvalue weighted by Crippen LogP contribution is -2.23. The molecule has 2 heterocycles. The molecule has 0 fully saturated rings. The summed E-state index contributed by atoms with van der Waals surface area (Å²) in [6.45, 7) is 4.06. The van der Waals surface area contributed by atoms with E-state index < -0.39 is 0 Å². The maximum Gasteiger partial charge on any atom is 0.368 e. The van der Waals surface area contributed by atoms with Crippen LogP contribution in [-0.4, -0.2) is 25.5 Å². The molecule has 0 radical (unpaired) electrons. The Balaban J connectivity index is 1.77. The minimum absolute atomic E-state index is 0.231. The van der Waals surface area contributed by atoms with Crippen molar-refractivity contribution in [3.63, 3.8) is 0 Å². The molecule has 0 aliphatic heterocycles. The van der Waals surface area contributed by atoms with Crippen LogP contribution in [0.25, 0.3) is 11.8 Å². The molecule has 0 aliphatic rings. The van der Waals surface area contributed by atoms with Gasteiger partial charge < -0.3 is 4.84 Å². The van der Waals surface area contributed by atoms with Gasteiger partial charge in [-0.1, -0.05) is 23.4 Å². The fraction of sp³-hybridized carbons (Fsp3) is 0.222. The molecule has 0 bridgehead atoms. The van der Waals surface area contributed by atoms with Gasteiger partial charge >= 0.3 is 5.69 Å². The second-order valence-corrected chi connectivity index (χ2v) is 6.55. The van der Waals surface area contributed by atoms with Gasteiger partial charge in [0.25, 0.3) is 0 Å². The minimum atomic E-state index is -0.310. The fourth-order valence-electron chi connectivity index (χ4n) is 2.35. The van der Waals surface area contributed by atoms with Crippen molar-refractivity contribution in [3.8, 4) is 5.69 Å². The van der Waals surface area contributed by atoms with Gasteiger partial charge in [-0.25, -0.2) is 4.79 Å². The van der Waals surface area contributed by atoms with Crippen molar-refractivity contribution in [2.75, 3.05) is 0 Å². The number of aromatic nitrogens is 4. The number of hydrogen-bond donors (Lipinski definition) is 0. The molecule has 7 nitrogen and oxygen atoms in total. The Morgan fingerprint density at radius 2 is 2.19 bits per heavy atom. The van der Waals surface area contributed by atoms with E-state index >= 15 is 0 Å². The molecule has 8 heteroatoms. The number of thiophene rings is 1. The van der Waals surface area contributed by atoms with Crippen LogP contribution in [0.5, 0.6) is 0 Å². The summed E-state index contributed by atoms with van der Waals surface area (Å²) < 4.78 is 2.45. The summed E-state index contributed by atoms with van der Waals surface area (Å²) in [7, 11) is 1.56. The second kappa shape index (κ2) is 7.92. The number of aryl methyl sites for hydroxylation is 2. The van der Waals surface area contributed by atoms with Crippen molar-refractivity contribution in [1.82, 2.24) is 19.8 Å². The molecule has 0 atom stereocenters. The summed E-state index contributed by atoms with van der Waals surface area (Å²) in [6.07, 6.45) is 3.88. The van der Waals surface area contributed by atoms with E-state index in [1.165, 1.54) is 9.36 Å². The van der Waals surface area contributed by atoms with Gasteiger partial charge in [0.15, 0.2) is 0 Å². The SMILES string of the molecule is CC(C=Cc1ccsc1)=NOCc1c(C)cccc1-n1nnn(C)c1=O. The third kappa shape index (κ3) is 3.97. The number of hydrogen-bond acceptors (Lipinski definition) is 6. The van der Waals surface area contributed by atoms with Gasteiger partial charge in [-0.15, -0.1) is 0 Å². The average Bonchev–Trinajstić information content (AvgIpc) is 3.25. The van der Waals surface area contributed by atoms with Gasteiger partial charge in [-0.3, -0.25) is 0 Å². The molecule has 0 aliphatic carbocycles. The van der Waals surface area contributed by atoms with Crippen LogP contribution >= 0.6 is 11.3 Å². The maximum atomic E-state index is 12.1. The molecule has 2 aromatic heterocycles. The molecular formula is C18H19N5O2S. The summed E-state index contributed by atoms with van der Waals surface area (Å²) >= 11 is 1.65. The molecule has 0 saturated carbocycles. The number of allylic oxidation sites excluding steroid dienone is 1. The topological polar surface area (TPSA) is 74.3 Å². The zero-order valence-electron chi connectivity index (χ0n) is 14.8. The predicted molar refractivity (Wildman–Crippen MR) is 103 cm³/mol. The first kappa shape index (κ1) is 17.8. The third-order valence-corrected chi connectivity index (χ3v) is 4.51. The van der Waals surface area contributed by atoms with E-state index in [2.05, 4.69) is 21.0 Å². The summed E-state index contributed by atoms with van der Waals surface area (Å²) in [5.74, 6) is 0. The molecule has 3 rings (SSSR count). The molecule has 0 spiro atoms. The van der Waals surface area contributed by atoms with Crippen LogP contribution in [0.15, 0.2) is 51.1 Å². The molecule has 0 unspecified atom stereocenters. The smallest absolute Gasteiger partial charge is 0.368 e. The highest BCUT2D eigenvalue weighted by molar-refractivity contribution is 7.08. The molecule has 3 aromatic rings. The lowest BCUT2D eigenvalue weighted by atomic mass is 10.1. The van der Waals surface area contributed by atoms with E-state index in [0.29, 0.717) is 5.69 Å². The van der Waals surface area contributed by atoms with Gasteiger partial charge in [0.1, 0.15) is 6.61 Å². The standard InChI is InChI=1S/C18H19N5O2S/c1-13-5-4-6-17(23-18(24)22(3)20-21-23)16(13)11-25-19-14(2)7-8-15-9-10-26-12-15/h4-10,12H,11H2,1-3H3. The summed E-state index contributed by atoms with van der Waals surface area (Å²) in [5, 5.41) is 15.9. The zero-order chi connectivity index (χ0) is 18.5. The summed E-state index contributed by atoms with van der Waals surface area (Å²) in [6, 6.07) is 7.67. The van der Waals surface area contributed by atoms with Gasteiger partial charge in [0.2, 0.25) is 0 Å². The summed E-state index contributed by atoms with van der Waals surface area (Å²) in [4.78, 5) is 17.6. The fourth-order valence-corrected chi connectivity index (χ4v) is 2.98. The van der Waals surface area contributed by atoms with E-state index in [1.54, 1.807) is 18.4 Å². The Morgan fingerprint density at radius 1 is 1.35 bits per heavy atom. The molecule has 0 saturated heterocycles. The van der Waals surface area contributed by atoms with Crippen molar-refractivity contribution in [1.29, 1.82) is 0 Å².